The molecule has 0 unspecified atom stereocenters. The first-order chi connectivity index (χ1) is 21.9. The van der Waals surface area contributed by atoms with Gasteiger partial charge in [0.2, 0.25) is 6.29 Å². The zero-order chi connectivity index (χ0) is 31.8. The molecule has 1 fully saturated rings. The van der Waals surface area contributed by atoms with Gasteiger partial charge in [-0.05, 0) is 47.7 Å². The molecule has 11 heteroatoms. The highest BCUT2D eigenvalue weighted by Gasteiger charge is 2.49. The smallest absolute Gasteiger partial charge is 0.339 e. The number of aryl methyl sites for hydroxylation is 1. The molecule has 45 heavy (non-hydrogen) atoms. The van der Waals surface area contributed by atoms with Crippen LogP contribution in [0.25, 0.3) is 21.4 Å². The summed E-state index contributed by atoms with van der Waals surface area (Å²) in [5.74, 6) is -0.183. The van der Waals surface area contributed by atoms with Gasteiger partial charge in [0.1, 0.15) is 42.3 Å². The van der Waals surface area contributed by atoms with Crippen molar-refractivity contribution in [3.63, 3.8) is 0 Å². The van der Waals surface area contributed by atoms with Crippen LogP contribution in [-0.4, -0.2) is 43.2 Å². The maximum Gasteiger partial charge on any atom is 0.339 e. The molecule has 5 rings (SSSR count). The maximum absolute atomic E-state index is 12.6. The van der Waals surface area contributed by atoms with Crippen LogP contribution in [0.1, 0.15) is 36.1 Å². The molecule has 3 aromatic carbocycles. The first-order valence-electron chi connectivity index (χ1n) is 14.7. The second-order valence-corrected chi connectivity index (χ2v) is 10.7. The van der Waals surface area contributed by atoms with Crippen LogP contribution in [0.4, 0.5) is 0 Å². The predicted octanol–water partition coefficient (Wildman–Crippen LogP) is 6.18. The summed E-state index contributed by atoms with van der Waals surface area (Å²) in [7, 11) is 0. The minimum atomic E-state index is -1.17. The van der Waals surface area contributed by atoms with E-state index in [9.17, 15) is 15.1 Å². The fourth-order valence-electron chi connectivity index (χ4n) is 5.42. The number of nitrogens with zero attached hydrogens (tertiary/aromatic N) is 3. The Labute approximate surface area is 260 Å². The van der Waals surface area contributed by atoms with Crippen molar-refractivity contribution < 1.29 is 32.9 Å². The molecule has 0 spiro atoms. The average Bonchev–Trinajstić information content (AvgIpc) is 3.04. The van der Waals surface area contributed by atoms with Gasteiger partial charge in [0, 0.05) is 28.9 Å². The lowest BCUT2D eigenvalue weighted by molar-refractivity contribution is -0.264. The second kappa shape index (κ2) is 14.9. The van der Waals surface area contributed by atoms with Crippen molar-refractivity contribution in [3.8, 4) is 5.75 Å². The van der Waals surface area contributed by atoms with E-state index in [1.54, 1.807) is 18.2 Å². The fraction of sp³-hybridized carbons (Fsp3) is 0.353. The van der Waals surface area contributed by atoms with Crippen LogP contribution in [0.5, 0.6) is 5.75 Å². The fourth-order valence-corrected chi connectivity index (χ4v) is 5.42. The van der Waals surface area contributed by atoms with Crippen molar-refractivity contribution in [1.29, 1.82) is 0 Å². The molecule has 4 aromatic rings. The molecule has 0 radical (unpaired) electrons. The van der Waals surface area contributed by atoms with E-state index in [1.807, 2.05) is 74.5 Å². The Bertz CT molecular complexity index is 1710. The molecule has 0 saturated carbocycles. The van der Waals surface area contributed by atoms with E-state index in [0.29, 0.717) is 23.3 Å². The molecular weight excluding hydrogens is 578 g/mol. The van der Waals surface area contributed by atoms with Crippen LogP contribution >= 0.6 is 0 Å². The van der Waals surface area contributed by atoms with Gasteiger partial charge in [-0.3, -0.25) is 4.79 Å². The van der Waals surface area contributed by atoms with E-state index >= 15 is 0 Å². The highest BCUT2D eigenvalue weighted by atomic mass is 16.7. The van der Waals surface area contributed by atoms with Gasteiger partial charge in [-0.15, -0.1) is 0 Å². The zero-order valence-electron chi connectivity index (χ0n) is 25.3. The Morgan fingerprint density at radius 1 is 0.956 bits per heavy atom. The van der Waals surface area contributed by atoms with E-state index < -0.39 is 42.2 Å². The SMILES string of the molecule is CCc1c(C)c2ccc(O[C@@H]3O[C@H](COC(C)=O)[C@@H](OCc4ccccc4)[C@H](OCc4ccccc4)[C@H]3N=[N+]=[N-])cc2oc1=O. The normalized spacial score (nSPS) is 21.2. The highest BCUT2D eigenvalue weighted by Crippen LogP contribution is 2.33. The molecule has 0 amide bonds. The minimum absolute atomic E-state index is 0.158. The standard InChI is InChI=1S/C34H35N3O8/c1-4-26-21(2)27-16-15-25(17-28(27)44-33(26)39)43-34-30(36-37-35)32(42-19-24-13-9-6-10-14-24)31(29(45-34)20-40-22(3)38)41-18-23-11-7-5-8-12-23/h5-17,29-32,34H,4,18-20H2,1-3H3/t29-,30-,31-,32-,34-/m1/s1. The lowest BCUT2D eigenvalue weighted by Gasteiger charge is -2.44. The molecule has 0 bridgehead atoms. The van der Waals surface area contributed by atoms with Gasteiger partial charge in [-0.1, -0.05) is 72.7 Å². The largest absolute Gasteiger partial charge is 0.464 e. The van der Waals surface area contributed by atoms with Crippen LogP contribution in [-0.2, 0) is 43.4 Å². The predicted molar refractivity (Wildman–Crippen MR) is 165 cm³/mol. The van der Waals surface area contributed by atoms with Gasteiger partial charge >= 0.3 is 11.6 Å². The first kappa shape index (κ1) is 31.7. The molecule has 0 N–H and O–H groups in total. The van der Waals surface area contributed by atoms with Crippen molar-refractivity contribution in [1.82, 2.24) is 0 Å². The number of azide groups is 1. The number of carbonyl (C=O) groups excluding carboxylic acids is 1. The highest BCUT2D eigenvalue weighted by molar-refractivity contribution is 5.82. The van der Waals surface area contributed by atoms with E-state index in [0.717, 1.165) is 22.1 Å². The molecule has 1 aromatic heterocycles. The monoisotopic (exact) mass is 613 g/mol. The van der Waals surface area contributed by atoms with Crippen LogP contribution in [0, 0.1) is 6.92 Å². The van der Waals surface area contributed by atoms with E-state index in [4.69, 9.17) is 28.1 Å². The number of esters is 1. The summed E-state index contributed by atoms with van der Waals surface area (Å²) < 4.78 is 36.3. The summed E-state index contributed by atoms with van der Waals surface area (Å²) >= 11 is 0. The summed E-state index contributed by atoms with van der Waals surface area (Å²) in [4.78, 5) is 27.5. The lowest BCUT2D eigenvalue weighted by Crippen LogP contribution is -2.61. The second-order valence-electron chi connectivity index (χ2n) is 10.7. The Hall–Kier alpha value is -4.67. The molecule has 1 aliphatic rings. The summed E-state index contributed by atoms with van der Waals surface area (Å²) in [6.07, 6.45) is -3.14. The molecular formula is C34H35N3O8. The molecule has 0 aliphatic carbocycles. The number of ether oxygens (including phenoxy) is 5. The van der Waals surface area contributed by atoms with Crippen LogP contribution in [0.3, 0.4) is 0 Å². The summed E-state index contributed by atoms with van der Waals surface area (Å²) in [6.45, 7) is 5.31. The van der Waals surface area contributed by atoms with Gasteiger partial charge < -0.3 is 28.1 Å². The summed E-state index contributed by atoms with van der Waals surface area (Å²) in [6, 6.07) is 23.2. The quantitative estimate of drug-likeness (QED) is 0.0606. The number of hydrogen-bond acceptors (Lipinski definition) is 9. The van der Waals surface area contributed by atoms with E-state index in [-0.39, 0.29) is 19.8 Å². The van der Waals surface area contributed by atoms with Gasteiger partial charge in [-0.25, -0.2) is 4.79 Å². The third-order valence-corrected chi connectivity index (χ3v) is 7.69. The molecule has 5 atom stereocenters. The topological polar surface area (TPSA) is 142 Å². The van der Waals surface area contributed by atoms with E-state index in [2.05, 4.69) is 10.0 Å². The molecule has 11 nitrogen and oxygen atoms in total. The molecule has 1 saturated heterocycles. The number of rotatable bonds is 12. The van der Waals surface area contributed by atoms with Crippen LogP contribution in [0.2, 0.25) is 0 Å². The Kier molecular flexibility index (Phi) is 10.5. The molecule has 2 heterocycles. The first-order valence-corrected chi connectivity index (χ1v) is 14.7. The van der Waals surface area contributed by atoms with Gasteiger partial charge in [0.05, 0.1) is 13.2 Å². The number of benzene rings is 3. The maximum atomic E-state index is 12.6. The molecule has 1 aliphatic heterocycles. The van der Waals surface area contributed by atoms with E-state index in [1.165, 1.54) is 6.92 Å². The average molecular weight is 614 g/mol. The zero-order valence-corrected chi connectivity index (χ0v) is 25.3. The Balaban J connectivity index is 1.50. The van der Waals surface area contributed by atoms with Gasteiger partial charge in [-0.2, -0.15) is 0 Å². The van der Waals surface area contributed by atoms with Crippen molar-refractivity contribution in [2.75, 3.05) is 6.61 Å². The third-order valence-electron chi connectivity index (χ3n) is 7.69. The summed E-state index contributed by atoms with van der Waals surface area (Å²) in [5.41, 5.74) is 12.8. The Morgan fingerprint density at radius 3 is 2.20 bits per heavy atom. The third kappa shape index (κ3) is 7.71. The summed E-state index contributed by atoms with van der Waals surface area (Å²) in [5, 5.41) is 4.83. The number of fused-ring (bicyclic) bond motifs is 1. The molecule has 234 valence electrons. The van der Waals surface area contributed by atoms with Gasteiger partial charge in [0.25, 0.3) is 0 Å². The van der Waals surface area contributed by atoms with Crippen molar-refractivity contribution >= 4 is 16.9 Å². The van der Waals surface area contributed by atoms with Crippen molar-refractivity contribution in [2.45, 2.75) is 71.0 Å². The van der Waals surface area contributed by atoms with Gasteiger partial charge in [0.15, 0.2) is 0 Å². The number of carbonyl (C=O) groups is 1. The minimum Gasteiger partial charge on any atom is -0.464 e. The lowest BCUT2D eigenvalue weighted by atomic mass is 9.96. The van der Waals surface area contributed by atoms with Crippen LogP contribution in [0.15, 0.2) is 93.2 Å². The van der Waals surface area contributed by atoms with Crippen molar-refractivity contribution in [2.24, 2.45) is 5.11 Å². The van der Waals surface area contributed by atoms with Crippen molar-refractivity contribution in [3.05, 3.63) is 122 Å². The van der Waals surface area contributed by atoms with Crippen LogP contribution < -0.4 is 10.4 Å². The Morgan fingerprint density at radius 2 is 1.60 bits per heavy atom. The number of hydrogen-bond donors (Lipinski definition) is 0.